The normalized spacial score (nSPS) is 18.9. The molecule has 1 aliphatic heterocycles. The summed E-state index contributed by atoms with van der Waals surface area (Å²) in [4.78, 5) is 0. The zero-order valence-corrected chi connectivity index (χ0v) is 13.9. The summed E-state index contributed by atoms with van der Waals surface area (Å²) in [5, 5.41) is 3.42. The van der Waals surface area contributed by atoms with Crippen LogP contribution < -0.4 is 5.32 Å². The second-order valence-electron chi connectivity index (χ2n) is 5.71. The maximum atomic E-state index is 5.80. The van der Waals surface area contributed by atoms with Gasteiger partial charge < -0.3 is 14.8 Å². The minimum atomic E-state index is 0.505. The highest BCUT2D eigenvalue weighted by molar-refractivity contribution is 9.10. The van der Waals surface area contributed by atoms with E-state index >= 15 is 0 Å². The fourth-order valence-corrected chi connectivity index (χ4v) is 2.73. The maximum absolute atomic E-state index is 5.80. The number of hydrogen-bond donors (Lipinski definition) is 1. The van der Waals surface area contributed by atoms with Crippen LogP contribution in [0.2, 0.25) is 0 Å². The van der Waals surface area contributed by atoms with Crippen LogP contribution in [0.4, 0.5) is 0 Å². The Morgan fingerprint density at radius 2 is 2.30 bits per heavy atom. The number of rotatable bonds is 7. The van der Waals surface area contributed by atoms with Gasteiger partial charge in [-0.1, -0.05) is 41.9 Å². The molecule has 1 aliphatic rings. The standard InChI is InChI=1S/C16H24BrNO2/c1-12(2)18-8-13-3-4-15(16(17)7-13)11-20-10-14-5-6-19-9-14/h3-4,7,12,14,18H,5-6,8-11H2,1-2H3. The van der Waals surface area contributed by atoms with Crippen molar-refractivity contribution in [3.8, 4) is 0 Å². The average molecular weight is 342 g/mol. The molecule has 0 bridgehead atoms. The summed E-state index contributed by atoms with van der Waals surface area (Å²) < 4.78 is 12.3. The van der Waals surface area contributed by atoms with Crippen LogP contribution in [0.1, 0.15) is 31.4 Å². The van der Waals surface area contributed by atoms with Crippen molar-refractivity contribution in [3.05, 3.63) is 33.8 Å². The molecule has 0 amide bonds. The molecule has 112 valence electrons. The van der Waals surface area contributed by atoms with Gasteiger partial charge in [-0.3, -0.25) is 0 Å². The summed E-state index contributed by atoms with van der Waals surface area (Å²) in [7, 11) is 0. The third-order valence-corrected chi connectivity index (χ3v) is 4.21. The quantitative estimate of drug-likeness (QED) is 0.823. The molecule has 1 aromatic rings. The van der Waals surface area contributed by atoms with Gasteiger partial charge in [0.15, 0.2) is 0 Å². The van der Waals surface area contributed by atoms with E-state index in [2.05, 4.69) is 53.3 Å². The van der Waals surface area contributed by atoms with Gasteiger partial charge >= 0.3 is 0 Å². The van der Waals surface area contributed by atoms with E-state index in [0.29, 0.717) is 18.6 Å². The second-order valence-corrected chi connectivity index (χ2v) is 6.56. The summed E-state index contributed by atoms with van der Waals surface area (Å²) in [6, 6.07) is 6.99. The summed E-state index contributed by atoms with van der Waals surface area (Å²) >= 11 is 3.64. The number of hydrogen-bond acceptors (Lipinski definition) is 3. The lowest BCUT2D eigenvalue weighted by molar-refractivity contribution is 0.0788. The summed E-state index contributed by atoms with van der Waals surface area (Å²) in [6.07, 6.45) is 1.13. The number of ether oxygens (including phenoxy) is 2. The minimum Gasteiger partial charge on any atom is -0.381 e. The SMILES string of the molecule is CC(C)NCc1ccc(COCC2CCOC2)c(Br)c1. The first-order chi connectivity index (χ1) is 9.65. The summed E-state index contributed by atoms with van der Waals surface area (Å²) in [5.74, 6) is 0.572. The largest absolute Gasteiger partial charge is 0.381 e. The van der Waals surface area contributed by atoms with Crippen molar-refractivity contribution in [1.82, 2.24) is 5.32 Å². The highest BCUT2D eigenvalue weighted by atomic mass is 79.9. The molecule has 0 saturated carbocycles. The van der Waals surface area contributed by atoms with Crippen molar-refractivity contribution >= 4 is 15.9 Å². The van der Waals surface area contributed by atoms with Crippen LogP contribution in [0.25, 0.3) is 0 Å². The maximum Gasteiger partial charge on any atom is 0.0727 e. The molecule has 1 unspecified atom stereocenters. The molecular formula is C16H24BrNO2. The van der Waals surface area contributed by atoms with Gasteiger partial charge in [-0.05, 0) is 23.6 Å². The van der Waals surface area contributed by atoms with Crippen molar-refractivity contribution in [2.45, 2.75) is 39.5 Å². The monoisotopic (exact) mass is 341 g/mol. The first-order valence-corrected chi connectivity index (χ1v) is 8.10. The van der Waals surface area contributed by atoms with Gasteiger partial charge in [0.05, 0.1) is 19.8 Å². The minimum absolute atomic E-state index is 0.505. The Morgan fingerprint density at radius 3 is 2.95 bits per heavy atom. The van der Waals surface area contributed by atoms with Crippen molar-refractivity contribution < 1.29 is 9.47 Å². The van der Waals surface area contributed by atoms with Crippen LogP contribution in [0.3, 0.4) is 0 Å². The van der Waals surface area contributed by atoms with E-state index in [9.17, 15) is 0 Å². The molecule has 20 heavy (non-hydrogen) atoms. The van der Waals surface area contributed by atoms with Gasteiger partial charge in [-0.2, -0.15) is 0 Å². The van der Waals surface area contributed by atoms with Crippen molar-refractivity contribution in [2.24, 2.45) is 5.92 Å². The number of nitrogens with one attached hydrogen (secondary N) is 1. The van der Waals surface area contributed by atoms with Crippen molar-refractivity contribution in [2.75, 3.05) is 19.8 Å². The van der Waals surface area contributed by atoms with E-state index in [0.717, 1.165) is 37.3 Å². The fourth-order valence-electron chi connectivity index (χ4n) is 2.19. The Bertz CT molecular complexity index is 417. The Morgan fingerprint density at radius 1 is 1.45 bits per heavy atom. The highest BCUT2D eigenvalue weighted by Crippen LogP contribution is 2.21. The molecule has 1 N–H and O–H groups in total. The van der Waals surface area contributed by atoms with E-state index in [1.54, 1.807) is 0 Å². The zero-order chi connectivity index (χ0) is 14.4. The van der Waals surface area contributed by atoms with Gasteiger partial charge in [0.25, 0.3) is 0 Å². The molecule has 0 spiro atoms. The van der Waals surface area contributed by atoms with Gasteiger partial charge in [0.1, 0.15) is 0 Å². The average Bonchev–Trinajstić information content (AvgIpc) is 2.92. The first kappa shape index (κ1) is 16.0. The second kappa shape index (κ2) is 8.13. The molecule has 0 radical (unpaired) electrons. The Kier molecular flexibility index (Phi) is 6.49. The van der Waals surface area contributed by atoms with Gasteiger partial charge in [0, 0.05) is 29.6 Å². The molecule has 0 aliphatic carbocycles. The molecule has 1 aromatic carbocycles. The Balaban J connectivity index is 1.79. The topological polar surface area (TPSA) is 30.5 Å². The van der Waals surface area contributed by atoms with Crippen LogP contribution >= 0.6 is 15.9 Å². The highest BCUT2D eigenvalue weighted by Gasteiger charge is 2.15. The molecule has 3 nitrogen and oxygen atoms in total. The van der Waals surface area contributed by atoms with Gasteiger partial charge in [-0.25, -0.2) is 0 Å². The fraction of sp³-hybridized carbons (Fsp3) is 0.625. The summed E-state index contributed by atoms with van der Waals surface area (Å²) in [5.41, 5.74) is 2.50. The van der Waals surface area contributed by atoms with E-state index in [4.69, 9.17) is 9.47 Å². The third-order valence-electron chi connectivity index (χ3n) is 3.47. The third kappa shape index (κ3) is 5.17. The van der Waals surface area contributed by atoms with Gasteiger partial charge in [-0.15, -0.1) is 0 Å². The molecule has 1 fully saturated rings. The first-order valence-electron chi connectivity index (χ1n) is 7.31. The predicted octanol–water partition coefficient (Wildman–Crippen LogP) is 3.50. The van der Waals surface area contributed by atoms with E-state index < -0.39 is 0 Å². The Hall–Kier alpha value is -0.420. The molecule has 1 atom stereocenters. The zero-order valence-electron chi connectivity index (χ0n) is 12.3. The van der Waals surface area contributed by atoms with Crippen molar-refractivity contribution in [1.29, 1.82) is 0 Å². The molecule has 0 aromatic heterocycles. The molecule has 4 heteroatoms. The lowest BCUT2D eigenvalue weighted by Crippen LogP contribution is -2.21. The van der Waals surface area contributed by atoms with Crippen LogP contribution in [-0.2, 0) is 22.6 Å². The van der Waals surface area contributed by atoms with E-state index in [1.807, 2.05) is 0 Å². The molecule has 1 saturated heterocycles. The van der Waals surface area contributed by atoms with Gasteiger partial charge in [0.2, 0.25) is 0 Å². The Labute approximate surface area is 130 Å². The lowest BCUT2D eigenvalue weighted by Gasteiger charge is -2.12. The van der Waals surface area contributed by atoms with Crippen LogP contribution in [-0.4, -0.2) is 25.9 Å². The van der Waals surface area contributed by atoms with Crippen LogP contribution in [0.5, 0.6) is 0 Å². The predicted molar refractivity (Wildman–Crippen MR) is 84.7 cm³/mol. The van der Waals surface area contributed by atoms with Crippen molar-refractivity contribution in [3.63, 3.8) is 0 Å². The van der Waals surface area contributed by atoms with E-state index in [1.165, 1.54) is 11.1 Å². The molecule has 1 heterocycles. The summed E-state index contributed by atoms with van der Waals surface area (Å²) in [6.45, 7) is 8.40. The lowest BCUT2D eigenvalue weighted by atomic mass is 10.1. The van der Waals surface area contributed by atoms with Crippen LogP contribution in [0, 0.1) is 5.92 Å². The molecular weight excluding hydrogens is 318 g/mol. The number of halogens is 1. The number of benzene rings is 1. The van der Waals surface area contributed by atoms with Crippen LogP contribution in [0.15, 0.2) is 22.7 Å². The smallest absolute Gasteiger partial charge is 0.0727 e. The molecule has 2 rings (SSSR count). The van der Waals surface area contributed by atoms with E-state index in [-0.39, 0.29) is 0 Å².